The van der Waals surface area contributed by atoms with Crippen LogP contribution < -0.4 is 10.6 Å². The summed E-state index contributed by atoms with van der Waals surface area (Å²) in [5.41, 5.74) is 6.89. The van der Waals surface area contributed by atoms with Crippen LogP contribution in [0, 0.1) is 20.2 Å². The van der Waals surface area contributed by atoms with Gasteiger partial charge < -0.3 is 10.6 Å². The van der Waals surface area contributed by atoms with Gasteiger partial charge in [-0.25, -0.2) is 0 Å². The van der Waals surface area contributed by atoms with E-state index in [-0.39, 0.29) is 11.4 Å². The van der Waals surface area contributed by atoms with E-state index in [0.29, 0.717) is 11.1 Å². The van der Waals surface area contributed by atoms with Gasteiger partial charge in [-0.3, -0.25) is 20.2 Å². The fourth-order valence-corrected chi connectivity index (χ4v) is 4.14. The summed E-state index contributed by atoms with van der Waals surface area (Å²) in [5.74, 6) is 0. The molecule has 2 aliphatic heterocycles. The van der Waals surface area contributed by atoms with E-state index in [9.17, 15) is 20.2 Å². The SMILES string of the molecule is CC.CC.O=[N+]([O-])c1cc(-c2ccc(-c3cc4c(c5c3C=CCN5)NCC=C4)cc2)cc([N+](=O)[O-])c1. The summed E-state index contributed by atoms with van der Waals surface area (Å²) in [7, 11) is 0. The van der Waals surface area contributed by atoms with Crippen molar-refractivity contribution in [2.75, 3.05) is 23.7 Å². The molecule has 0 fully saturated rings. The van der Waals surface area contributed by atoms with Crippen LogP contribution in [0.25, 0.3) is 34.4 Å². The Morgan fingerprint density at radius 2 is 1.19 bits per heavy atom. The van der Waals surface area contributed by atoms with E-state index < -0.39 is 9.85 Å². The first kappa shape index (κ1) is 26.2. The summed E-state index contributed by atoms with van der Waals surface area (Å²) < 4.78 is 0. The first-order valence-electron chi connectivity index (χ1n) is 12.1. The Morgan fingerprint density at radius 1 is 0.667 bits per heavy atom. The minimum atomic E-state index is -0.620. The highest BCUT2D eigenvalue weighted by Gasteiger charge is 2.20. The van der Waals surface area contributed by atoms with Crippen molar-refractivity contribution < 1.29 is 9.85 Å². The number of nitro benzene ring substituents is 2. The number of nitro groups is 2. The third-order valence-electron chi connectivity index (χ3n) is 5.63. The predicted molar refractivity (Wildman–Crippen MR) is 148 cm³/mol. The second-order valence-corrected chi connectivity index (χ2v) is 7.57. The smallest absolute Gasteiger partial charge is 0.276 e. The average Bonchev–Trinajstić information content (AvgIpc) is 2.94. The lowest BCUT2D eigenvalue weighted by Crippen LogP contribution is -2.13. The molecule has 2 heterocycles. The second-order valence-electron chi connectivity index (χ2n) is 7.57. The Hall–Kier alpha value is -4.46. The lowest BCUT2D eigenvalue weighted by atomic mass is 9.90. The van der Waals surface area contributed by atoms with Gasteiger partial charge in [0.05, 0.1) is 27.3 Å². The molecule has 5 rings (SSSR count). The monoisotopic (exact) mass is 486 g/mol. The molecule has 2 aliphatic rings. The molecule has 0 saturated heterocycles. The van der Waals surface area contributed by atoms with Crippen molar-refractivity contribution >= 4 is 34.9 Å². The number of non-ortho nitro benzene ring substituents is 2. The predicted octanol–water partition coefficient (Wildman–Crippen LogP) is 7.77. The Balaban J connectivity index is 0.000000861. The van der Waals surface area contributed by atoms with Crippen molar-refractivity contribution in [1.29, 1.82) is 0 Å². The summed E-state index contributed by atoms with van der Waals surface area (Å²) in [6.45, 7) is 9.55. The molecule has 8 heteroatoms. The quantitative estimate of drug-likeness (QED) is 0.288. The van der Waals surface area contributed by atoms with Crippen molar-refractivity contribution in [1.82, 2.24) is 0 Å². The van der Waals surface area contributed by atoms with Gasteiger partial charge in [-0.2, -0.15) is 0 Å². The van der Waals surface area contributed by atoms with Crippen molar-refractivity contribution in [3.63, 3.8) is 0 Å². The van der Waals surface area contributed by atoms with Crippen LogP contribution in [-0.2, 0) is 0 Å². The molecule has 186 valence electrons. The van der Waals surface area contributed by atoms with Crippen molar-refractivity contribution in [2.45, 2.75) is 27.7 Å². The minimum Gasteiger partial charge on any atom is -0.379 e. The van der Waals surface area contributed by atoms with Gasteiger partial charge in [0.1, 0.15) is 0 Å². The molecule has 0 unspecified atom stereocenters. The maximum atomic E-state index is 11.2. The Bertz CT molecular complexity index is 1300. The summed E-state index contributed by atoms with van der Waals surface area (Å²) >= 11 is 0. The van der Waals surface area contributed by atoms with Crippen molar-refractivity contribution in [3.05, 3.63) is 92.0 Å². The van der Waals surface area contributed by atoms with Gasteiger partial charge in [-0.1, -0.05) is 76.3 Å². The number of benzene rings is 3. The Morgan fingerprint density at radius 3 is 1.78 bits per heavy atom. The molecule has 0 spiro atoms. The third kappa shape index (κ3) is 5.27. The summed E-state index contributed by atoms with van der Waals surface area (Å²) in [4.78, 5) is 21.2. The zero-order chi connectivity index (χ0) is 26.2. The second kappa shape index (κ2) is 11.8. The highest BCUT2D eigenvalue weighted by molar-refractivity contribution is 5.96. The van der Waals surface area contributed by atoms with Crippen molar-refractivity contribution in [3.8, 4) is 22.3 Å². The molecular formula is C28H30N4O4. The number of hydrogen-bond acceptors (Lipinski definition) is 6. The van der Waals surface area contributed by atoms with Gasteiger partial charge in [-0.15, -0.1) is 0 Å². The van der Waals surface area contributed by atoms with Crippen LogP contribution in [0.2, 0.25) is 0 Å². The van der Waals surface area contributed by atoms with Gasteiger partial charge in [0.15, 0.2) is 0 Å². The van der Waals surface area contributed by atoms with Gasteiger partial charge in [0.25, 0.3) is 11.4 Å². The molecule has 3 aromatic rings. The fourth-order valence-electron chi connectivity index (χ4n) is 4.14. The molecule has 36 heavy (non-hydrogen) atoms. The van der Waals surface area contributed by atoms with Crippen LogP contribution >= 0.6 is 0 Å². The molecule has 0 radical (unpaired) electrons. The Kier molecular flexibility index (Phi) is 8.57. The van der Waals surface area contributed by atoms with E-state index in [1.165, 1.54) is 12.1 Å². The number of fused-ring (bicyclic) bond motifs is 3. The lowest BCUT2D eigenvalue weighted by Gasteiger charge is -2.25. The number of hydrogen-bond donors (Lipinski definition) is 2. The van der Waals surface area contributed by atoms with E-state index in [1.54, 1.807) is 0 Å². The zero-order valence-corrected chi connectivity index (χ0v) is 20.9. The number of anilines is 2. The highest BCUT2D eigenvalue weighted by atomic mass is 16.6. The molecular weight excluding hydrogens is 456 g/mol. The molecule has 0 bridgehead atoms. The van der Waals surface area contributed by atoms with Crippen LogP contribution in [-0.4, -0.2) is 22.9 Å². The largest absolute Gasteiger partial charge is 0.379 e. The molecule has 2 N–H and O–H groups in total. The summed E-state index contributed by atoms with van der Waals surface area (Å²) in [6.07, 6.45) is 8.37. The van der Waals surface area contributed by atoms with E-state index in [0.717, 1.165) is 52.8 Å². The molecule has 0 atom stereocenters. The van der Waals surface area contributed by atoms with Gasteiger partial charge in [-0.05, 0) is 28.3 Å². The van der Waals surface area contributed by atoms with E-state index >= 15 is 0 Å². The van der Waals surface area contributed by atoms with Crippen LogP contribution in [0.3, 0.4) is 0 Å². The van der Waals surface area contributed by atoms with E-state index in [4.69, 9.17) is 0 Å². The first-order chi connectivity index (χ1) is 17.5. The molecule has 0 aliphatic carbocycles. The number of nitrogens with zero attached hydrogens (tertiary/aromatic N) is 2. The molecule has 8 nitrogen and oxygen atoms in total. The van der Waals surface area contributed by atoms with Gasteiger partial charge in [0, 0.05) is 36.3 Å². The molecule has 3 aromatic carbocycles. The summed E-state index contributed by atoms with van der Waals surface area (Å²) in [6, 6.07) is 13.3. The molecule has 0 saturated carbocycles. The summed E-state index contributed by atoms with van der Waals surface area (Å²) in [5, 5.41) is 29.3. The average molecular weight is 487 g/mol. The van der Waals surface area contributed by atoms with Crippen LogP contribution in [0.4, 0.5) is 22.7 Å². The normalized spacial score (nSPS) is 12.3. The highest BCUT2D eigenvalue weighted by Crippen LogP contribution is 2.42. The van der Waals surface area contributed by atoms with Crippen molar-refractivity contribution in [2.24, 2.45) is 0 Å². The van der Waals surface area contributed by atoms with Crippen LogP contribution in [0.15, 0.2) is 60.7 Å². The maximum absolute atomic E-state index is 11.2. The third-order valence-corrected chi connectivity index (χ3v) is 5.63. The zero-order valence-electron chi connectivity index (χ0n) is 20.9. The first-order valence-corrected chi connectivity index (χ1v) is 12.1. The standard InChI is InChI=1S/C24H18N4O4.2C2H6/c29-27(30)19-11-18(12-20(14-19)28(31)32)15-5-7-16(8-6-15)22-13-17-3-1-9-25-23(17)24-21(22)4-2-10-26-24;2*1-2/h1-8,11-14,25-26H,9-10H2;2*1-2H3. The Labute approximate surface area is 210 Å². The van der Waals surface area contributed by atoms with Crippen LogP contribution in [0.1, 0.15) is 38.8 Å². The van der Waals surface area contributed by atoms with Gasteiger partial charge >= 0.3 is 0 Å². The van der Waals surface area contributed by atoms with E-state index in [2.05, 4.69) is 41.0 Å². The molecule has 0 amide bonds. The number of nitrogens with one attached hydrogen (secondary N) is 2. The maximum Gasteiger partial charge on any atom is 0.276 e. The molecule has 0 aromatic heterocycles. The van der Waals surface area contributed by atoms with Gasteiger partial charge in [0.2, 0.25) is 0 Å². The lowest BCUT2D eigenvalue weighted by molar-refractivity contribution is -0.394. The topological polar surface area (TPSA) is 110 Å². The van der Waals surface area contributed by atoms with E-state index in [1.807, 2.05) is 52.0 Å². The van der Waals surface area contributed by atoms with Crippen LogP contribution in [0.5, 0.6) is 0 Å². The minimum absolute atomic E-state index is 0.308. The fraction of sp³-hybridized carbons (Fsp3) is 0.214. The number of rotatable bonds is 4.